The lowest BCUT2D eigenvalue weighted by Gasteiger charge is -2.20. The molecule has 0 atom stereocenters. The molecule has 0 bridgehead atoms. The summed E-state index contributed by atoms with van der Waals surface area (Å²) < 4.78 is 15.5. The first-order chi connectivity index (χ1) is 9.45. The summed E-state index contributed by atoms with van der Waals surface area (Å²) in [5, 5.41) is 6.08. The molecule has 0 saturated heterocycles. The lowest BCUT2D eigenvalue weighted by molar-refractivity contribution is -0.122. The minimum atomic E-state index is -0.164. The van der Waals surface area contributed by atoms with Crippen LogP contribution in [0.4, 0.5) is 0 Å². The SMILES string of the molecule is COCCOCCOCCNCCC(=O)NC(C)(C)C. The second-order valence-electron chi connectivity index (χ2n) is 5.52. The zero-order chi connectivity index (χ0) is 15.3. The van der Waals surface area contributed by atoms with E-state index in [0.29, 0.717) is 46.0 Å². The van der Waals surface area contributed by atoms with Crippen molar-refractivity contribution >= 4 is 5.91 Å². The van der Waals surface area contributed by atoms with E-state index in [4.69, 9.17) is 14.2 Å². The summed E-state index contributed by atoms with van der Waals surface area (Å²) in [5.74, 6) is 0.0671. The second-order valence-corrected chi connectivity index (χ2v) is 5.52. The summed E-state index contributed by atoms with van der Waals surface area (Å²) in [4.78, 5) is 11.5. The summed E-state index contributed by atoms with van der Waals surface area (Å²) >= 11 is 0. The first-order valence-corrected chi connectivity index (χ1v) is 7.12. The fraction of sp³-hybridized carbons (Fsp3) is 0.929. The van der Waals surface area contributed by atoms with Gasteiger partial charge in [0.2, 0.25) is 5.91 Å². The number of hydrogen-bond acceptors (Lipinski definition) is 5. The van der Waals surface area contributed by atoms with Crippen LogP contribution in [0.15, 0.2) is 0 Å². The molecule has 2 N–H and O–H groups in total. The minimum absolute atomic E-state index is 0.0671. The van der Waals surface area contributed by atoms with E-state index in [0.717, 1.165) is 6.54 Å². The Hall–Kier alpha value is -0.690. The van der Waals surface area contributed by atoms with Crippen LogP contribution in [0.3, 0.4) is 0 Å². The average Bonchev–Trinajstić information content (AvgIpc) is 2.34. The number of methoxy groups -OCH3 is 1. The molecule has 0 aromatic carbocycles. The quantitative estimate of drug-likeness (QED) is 0.514. The third-order valence-electron chi connectivity index (χ3n) is 2.27. The van der Waals surface area contributed by atoms with Crippen LogP contribution < -0.4 is 10.6 Å². The third kappa shape index (κ3) is 15.4. The van der Waals surface area contributed by atoms with E-state index in [1.165, 1.54) is 0 Å². The highest BCUT2D eigenvalue weighted by Gasteiger charge is 2.12. The maximum atomic E-state index is 11.5. The van der Waals surface area contributed by atoms with Crippen molar-refractivity contribution in [2.45, 2.75) is 32.7 Å². The Morgan fingerprint density at radius 3 is 2.15 bits per heavy atom. The molecular weight excluding hydrogens is 260 g/mol. The van der Waals surface area contributed by atoms with Crippen molar-refractivity contribution in [1.82, 2.24) is 10.6 Å². The standard InChI is InChI=1S/C14H30N2O4/c1-14(2,3)16-13(17)5-6-15-7-8-19-11-12-20-10-9-18-4/h15H,5-12H2,1-4H3,(H,16,17). The highest BCUT2D eigenvalue weighted by Crippen LogP contribution is 1.98. The van der Waals surface area contributed by atoms with E-state index in [9.17, 15) is 4.79 Å². The lowest BCUT2D eigenvalue weighted by atomic mass is 10.1. The number of rotatable bonds is 12. The van der Waals surface area contributed by atoms with Crippen LogP contribution in [-0.4, -0.2) is 64.7 Å². The number of carbonyl (C=O) groups is 1. The molecule has 0 aliphatic carbocycles. The van der Waals surface area contributed by atoms with Crippen LogP contribution in [0.1, 0.15) is 27.2 Å². The molecule has 0 spiro atoms. The summed E-state index contributed by atoms with van der Waals surface area (Å²) in [6.45, 7) is 10.3. The van der Waals surface area contributed by atoms with Crippen LogP contribution in [-0.2, 0) is 19.0 Å². The molecule has 0 aliphatic heterocycles. The number of carbonyl (C=O) groups excluding carboxylic acids is 1. The fourth-order valence-corrected chi connectivity index (χ4v) is 1.42. The Morgan fingerprint density at radius 1 is 0.950 bits per heavy atom. The summed E-state index contributed by atoms with van der Waals surface area (Å²) in [5.41, 5.74) is -0.164. The van der Waals surface area contributed by atoms with Crippen LogP contribution in [0.25, 0.3) is 0 Å². The molecule has 1 amide bonds. The predicted molar refractivity (Wildman–Crippen MR) is 78.9 cm³/mol. The molecule has 0 rings (SSSR count). The Bertz CT molecular complexity index is 242. The first kappa shape index (κ1) is 19.3. The van der Waals surface area contributed by atoms with Crippen molar-refractivity contribution in [2.75, 3.05) is 53.2 Å². The maximum Gasteiger partial charge on any atom is 0.221 e. The monoisotopic (exact) mass is 290 g/mol. The van der Waals surface area contributed by atoms with Crippen LogP contribution in [0, 0.1) is 0 Å². The van der Waals surface area contributed by atoms with E-state index in [1.54, 1.807) is 7.11 Å². The van der Waals surface area contributed by atoms with Gasteiger partial charge in [-0.1, -0.05) is 0 Å². The van der Waals surface area contributed by atoms with Gasteiger partial charge in [0.25, 0.3) is 0 Å². The van der Waals surface area contributed by atoms with Crippen molar-refractivity contribution in [3.63, 3.8) is 0 Å². The Morgan fingerprint density at radius 2 is 1.55 bits per heavy atom. The molecule has 6 heteroatoms. The van der Waals surface area contributed by atoms with Crippen molar-refractivity contribution in [2.24, 2.45) is 0 Å². The lowest BCUT2D eigenvalue weighted by Crippen LogP contribution is -2.41. The minimum Gasteiger partial charge on any atom is -0.382 e. The number of hydrogen-bond donors (Lipinski definition) is 2. The Balaban J connectivity index is 3.19. The summed E-state index contributed by atoms with van der Waals surface area (Å²) in [6, 6.07) is 0. The highest BCUT2D eigenvalue weighted by molar-refractivity contribution is 5.76. The van der Waals surface area contributed by atoms with Gasteiger partial charge in [-0.05, 0) is 20.8 Å². The van der Waals surface area contributed by atoms with Crippen molar-refractivity contribution < 1.29 is 19.0 Å². The summed E-state index contributed by atoms with van der Waals surface area (Å²) in [6.07, 6.45) is 0.484. The molecule has 0 saturated carbocycles. The molecule has 0 radical (unpaired) electrons. The molecule has 0 aliphatic rings. The van der Waals surface area contributed by atoms with E-state index < -0.39 is 0 Å². The van der Waals surface area contributed by atoms with E-state index in [1.807, 2.05) is 20.8 Å². The van der Waals surface area contributed by atoms with Crippen molar-refractivity contribution in [3.05, 3.63) is 0 Å². The Kier molecular flexibility index (Phi) is 11.7. The molecule has 6 nitrogen and oxygen atoms in total. The fourth-order valence-electron chi connectivity index (χ4n) is 1.42. The van der Waals surface area contributed by atoms with E-state index in [2.05, 4.69) is 10.6 Å². The van der Waals surface area contributed by atoms with Crippen LogP contribution in [0.5, 0.6) is 0 Å². The van der Waals surface area contributed by atoms with Gasteiger partial charge in [-0.2, -0.15) is 0 Å². The normalized spacial score (nSPS) is 11.6. The van der Waals surface area contributed by atoms with Gasteiger partial charge in [0, 0.05) is 32.2 Å². The zero-order valence-corrected chi connectivity index (χ0v) is 13.3. The van der Waals surface area contributed by atoms with Gasteiger partial charge in [0.05, 0.1) is 33.0 Å². The highest BCUT2D eigenvalue weighted by atomic mass is 16.5. The molecule has 0 aromatic rings. The van der Waals surface area contributed by atoms with Crippen LogP contribution in [0.2, 0.25) is 0 Å². The van der Waals surface area contributed by atoms with Gasteiger partial charge < -0.3 is 24.8 Å². The molecular formula is C14H30N2O4. The van der Waals surface area contributed by atoms with Gasteiger partial charge in [-0.25, -0.2) is 0 Å². The van der Waals surface area contributed by atoms with Gasteiger partial charge in [-0.15, -0.1) is 0 Å². The number of ether oxygens (including phenoxy) is 3. The van der Waals surface area contributed by atoms with Gasteiger partial charge in [-0.3, -0.25) is 4.79 Å². The second kappa shape index (κ2) is 12.1. The molecule has 120 valence electrons. The van der Waals surface area contributed by atoms with Gasteiger partial charge >= 0.3 is 0 Å². The topological polar surface area (TPSA) is 68.8 Å². The molecule has 20 heavy (non-hydrogen) atoms. The predicted octanol–water partition coefficient (Wildman–Crippen LogP) is 0.560. The van der Waals surface area contributed by atoms with Crippen LogP contribution >= 0.6 is 0 Å². The summed E-state index contributed by atoms with van der Waals surface area (Å²) in [7, 11) is 1.65. The number of amides is 1. The largest absolute Gasteiger partial charge is 0.382 e. The van der Waals surface area contributed by atoms with Crippen molar-refractivity contribution in [3.8, 4) is 0 Å². The first-order valence-electron chi connectivity index (χ1n) is 7.12. The maximum absolute atomic E-state index is 11.5. The average molecular weight is 290 g/mol. The Labute approximate surface area is 122 Å². The van der Waals surface area contributed by atoms with E-state index >= 15 is 0 Å². The third-order valence-corrected chi connectivity index (χ3v) is 2.27. The van der Waals surface area contributed by atoms with E-state index in [-0.39, 0.29) is 11.4 Å². The zero-order valence-electron chi connectivity index (χ0n) is 13.3. The number of nitrogens with one attached hydrogen (secondary N) is 2. The molecule has 0 heterocycles. The molecule has 0 fully saturated rings. The molecule has 0 unspecified atom stereocenters. The van der Waals surface area contributed by atoms with Crippen molar-refractivity contribution in [1.29, 1.82) is 0 Å². The smallest absolute Gasteiger partial charge is 0.221 e. The van der Waals surface area contributed by atoms with Gasteiger partial charge in [0.1, 0.15) is 0 Å². The van der Waals surface area contributed by atoms with Gasteiger partial charge in [0.15, 0.2) is 0 Å². The molecule has 0 aromatic heterocycles.